The Hall–Kier alpha value is -4.32. The Morgan fingerprint density at radius 1 is 1.03 bits per heavy atom. The number of hydrogen-bond donors (Lipinski definition) is 0. The van der Waals surface area contributed by atoms with Gasteiger partial charge in [0.2, 0.25) is 5.76 Å². The highest BCUT2D eigenvalue weighted by Gasteiger charge is 2.42. The number of amides is 1. The van der Waals surface area contributed by atoms with Crippen molar-refractivity contribution in [3.63, 3.8) is 0 Å². The van der Waals surface area contributed by atoms with E-state index in [1.54, 1.807) is 30.2 Å². The summed E-state index contributed by atoms with van der Waals surface area (Å²) in [6.45, 7) is 6.26. The molecule has 1 aliphatic rings. The number of hydrogen-bond acceptors (Lipinski definition) is 5. The van der Waals surface area contributed by atoms with Crippen molar-refractivity contribution < 1.29 is 18.7 Å². The van der Waals surface area contributed by atoms with E-state index in [9.17, 15) is 9.59 Å². The lowest BCUT2D eigenvalue weighted by Gasteiger charge is -2.25. The second-order valence-corrected chi connectivity index (χ2v) is 8.53. The largest absolute Gasteiger partial charge is 0.497 e. The van der Waals surface area contributed by atoms with Gasteiger partial charge < -0.3 is 18.8 Å². The SMILES string of the molecule is C=CCOc1cccc(C2c3c(oc4ccc(C)cc4c3=O)C(=O)N2Cc2ccc(OC)cc2)c1. The van der Waals surface area contributed by atoms with E-state index in [0.29, 0.717) is 35.4 Å². The molecule has 2 heterocycles. The van der Waals surface area contributed by atoms with Crippen molar-refractivity contribution in [3.05, 3.63) is 118 Å². The molecule has 35 heavy (non-hydrogen) atoms. The fourth-order valence-corrected chi connectivity index (χ4v) is 4.50. The molecule has 3 aromatic carbocycles. The molecular weight excluding hydrogens is 442 g/mol. The van der Waals surface area contributed by atoms with Crippen molar-refractivity contribution >= 4 is 16.9 Å². The fourth-order valence-electron chi connectivity index (χ4n) is 4.50. The Labute approximate surface area is 203 Å². The minimum absolute atomic E-state index is 0.0854. The summed E-state index contributed by atoms with van der Waals surface area (Å²) in [6, 6.07) is 19.8. The zero-order valence-corrected chi connectivity index (χ0v) is 19.6. The van der Waals surface area contributed by atoms with Crippen LogP contribution in [0.5, 0.6) is 11.5 Å². The van der Waals surface area contributed by atoms with E-state index in [1.165, 1.54) is 0 Å². The molecule has 0 saturated carbocycles. The summed E-state index contributed by atoms with van der Waals surface area (Å²) in [5.41, 5.74) is 3.18. The van der Waals surface area contributed by atoms with Gasteiger partial charge in [-0.3, -0.25) is 9.59 Å². The molecule has 6 nitrogen and oxygen atoms in total. The Kier molecular flexibility index (Phi) is 5.87. The van der Waals surface area contributed by atoms with Gasteiger partial charge in [-0.05, 0) is 54.4 Å². The minimum Gasteiger partial charge on any atom is -0.497 e. The van der Waals surface area contributed by atoms with Crippen LogP contribution in [0.4, 0.5) is 0 Å². The van der Waals surface area contributed by atoms with Gasteiger partial charge in [0.25, 0.3) is 5.91 Å². The predicted molar refractivity (Wildman–Crippen MR) is 134 cm³/mol. The Bertz CT molecular complexity index is 1490. The van der Waals surface area contributed by atoms with Gasteiger partial charge in [-0.1, -0.05) is 48.6 Å². The molecule has 0 spiro atoms. The highest BCUT2D eigenvalue weighted by Crippen LogP contribution is 2.40. The first-order chi connectivity index (χ1) is 17.0. The lowest BCUT2D eigenvalue weighted by atomic mass is 9.97. The molecule has 0 fully saturated rings. The Balaban J connectivity index is 1.67. The van der Waals surface area contributed by atoms with Gasteiger partial charge in [-0.2, -0.15) is 0 Å². The summed E-state index contributed by atoms with van der Waals surface area (Å²) < 4.78 is 17.0. The van der Waals surface area contributed by atoms with Gasteiger partial charge in [-0.15, -0.1) is 0 Å². The smallest absolute Gasteiger partial charge is 0.291 e. The van der Waals surface area contributed by atoms with Gasteiger partial charge in [0.15, 0.2) is 5.43 Å². The highest BCUT2D eigenvalue weighted by molar-refractivity contribution is 5.99. The van der Waals surface area contributed by atoms with Crippen LogP contribution in [-0.2, 0) is 6.54 Å². The van der Waals surface area contributed by atoms with Crippen LogP contribution in [0.3, 0.4) is 0 Å². The van der Waals surface area contributed by atoms with Crippen LogP contribution < -0.4 is 14.9 Å². The molecule has 4 aromatic rings. The molecule has 5 rings (SSSR count). The predicted octanol–water partition coefficient (Wildman–Crippen LogP) is 5.42. The van der Waals surface area contributed by atoms with Crippen LogP contribution in [0.2, 0.25) is 0 Å². The molecule has 0 N–H and O–H groups in total. The van der Waals surface area contributed by atoms with Crippen molar-refractivity contribution in [1.82, 2.24) is 4.90 Å². The lowest BCUT2D eigenvalue weighted by Crippen LogP contribution is -2.29. The number of fused-ring (bicyclic) bond motifs is 2. The number of nitrogens with zero attached hydrogens (tertiary/aromatic N) is 1. The van der Waals surface area contributed by atoms with Crippen molar-refractivity contribution in [2.75, 3.05) is 13.7 Å². The topological polar surface area (TPSA) is 69.0 Å². The molecule has 1 amide bonds. The van der Waals surface area contributed by atoms with Gasteiger partial charge in [-0.25, -0.2) is 0 Å². The lowest BCUT2D eigenvalue weighted by molar-refractivity contribution is 0.0714. The molecule has 1 unspecified atom stereocenters. The number of carbonyl (C=O) groups excluding carboxylic acids is 1. The van der Waals surface area contributed by atoms with Gasteiger partial charge in [0, 0.05) is 6.54 Å². The normalized spacial score (nSPS) is 14.7. The van der Waals surface area contributed by atoms with E-state index < -0.39 is 6.04 Å². The maximum atomic E-state index is 13.7. The van der Waals surface area contributed by atoms with Crippen molar-refractivity contribution in [1.29, 1.82) is 0 Å². The van der Waals surface area contributed by atoms with E-state index in [-0.39, 0.29) is 17.1 Å². The monoisotopic (exact) mass is 467 g/mol. The maximum Gasteiger partial charge on any atom is 0.291 e. The van der Waals surface area contributed by atoms with Gasteiger partial charge in [0.05, 0.1) is 24.1 Å². The third-order valence-electron chi connectivity index (χ3n) is 6.17. The van der Waals surface area contributed by atoms with E-state index in [0.717, 1.165) is 22.4 Å². The highest BCUT2D eigenvalue weighted by atomic mass is 16.5. The van der Waals surface area contributed by atoms with E-state index >= 15 is 0 Å². The minimum atomic E-state index is -0.618. The zero-order chi connectivity index (χ0) is 24.5. The van der Waals surface area contributed by atoms with Gasteiger partial charge in [0.1, 0.15) is 23.7 Å². The standard InChI is InChI=1S/C29H25NO5/c1-4-14-34-22-7-5-6-20(16-22)26-25-27(31)23-15-18(2)8-13-24(23)35-28(25)29(32)30(26)17-19-9-11-21(33-3)12-10-19/h4-13,15-16,26H,1,14,17H2,2-3H3. The molecular formula is C29H25NO5. The number of ether oxygens (including phenoxy) is 2. The number of rotatable bonds is 7. The molecule has 0 aliphatic carbocycles. The Morgan fingerprint density at radius 3 is 2.57 bits per heavy atom. The molecule has 0 bridgehead atoms. The summed E-state index contributed by atoms with van der Waals surface area (Å²) in [5.74, 6) is 1.13. The number of carbonyl (C=O) groups is 1. The molecule has 0 radical (unpaired) electrons. The average molecular weight is 468 g/mol. The summed E-state index contributed by atoms with van der Waals surface area (Å²) in [4.78, 5) is 29.1. The van der Waals surface area contributed by atoms with E-state index in [4.69, 9.17) is 13.9 Å². The molecule has 1 aromatic heterocycles. The summed E-state index contributed by atoms with van der Waals surface area (Å²) in [7, 11) is 1.61. The van der Waals surface area contributed by atoms with Crippen LogP contribution in [-0.4, -0.2) is 24.5 Å². The van der Waals surface area contributed by atoms with E-state index in [1.807, 2.05) is 61.5 Å². The van der Waals surface area contributed by atoms with Crippen molar-refractivity contribution in [2.24, 2.45) is 0 Å². The first-order valence-corrected chi connectivity index (χ1v) is 11.3. The summed E-state index contributed by atoms with van der Waals surface area (Å²) in [6.07, 6.45) is 1.67. The molecule has 1 aliphatic heterocycles. The molecule has 176 valence electrons. The fraction of sp³-hybridized carbons (Fsp3) is 0.172. The summed E-state index contributed by atoms with van der Waals surface area (Å²) in [5, 5.41) is 0.465. The second-order valence-electron chi connectivity index (χ2n) is 8.53. The summed E-state index contributed by atoms with van der Waals surface area (Å²) >= 11 is 0. The van der Waals surface area contributed by atoms with Crippen molar-refractivity contribution in [3.8, 4) is 11.5 Å². The van der Waals surface area contributed by atoms with Gasteiger partial charge >= 0.3 is 0 Å². The van der Waals surface area contributed by atoms with Crippen LogP contribution in [0.1, 0.15) is 38.9 Å². The molecule has 1 atom stereocenters. The number of benzene rings is 3. The second kappa shape index (κ2) is 9.14. The number of methoxy groups -OCH3 is 1. The van der Waals surface area contributed by atoms with E-state index in [2.05, 4.69) is 6.58 Å². The zero-order valence-electron chi connectivity index (χ0n) is 19.6. The number of aryl methyl sites for hydroxylation is 1. The quantitative estimate of drug-likeness (QED) is 0.340. The third kappa shape index (κ3) is 4.08. The average Bonchev–Trinajstić information content (AvgIpc) is 3.15. The Morgan fingerprint density at radius 2 is 1.83 bits per heavy atom. The third-order valence-corrected chi connectivity index (χ3v) is 6.17. The van der Waals surface area contributed by atoms with Crippen LogP contribution in [0.15, 0.2) is 88.6 Å². The first-order valence-electron chi connectivity index (χ1n) is 11.3. The molecule has 0 saturated heterocycles. The first kappa shape index (κ1) is 22.5. The van der Waals surface area contributed by atoms with Crippen LogP contribution in [0.25, 0.3) is 11.0 Å². The van der Waals surface area contributed by atoms with Crippen molar-refractivity contribution in [2.45, 2.75) is 19.5 Å². The molecule has 6 heteroatoms. The maximum absolute atomic E-state index is 13.7. The van der Waals surface area contributed by atoms with Crippen LogP contribution in [0, 0.1) is 6.92 Å². The van der Waals surface area contributed by atoms with Crippen LogP contribution >= 0.6 is 0 Å².